The fourth-order valence-corrected chi connectivity index (χ4v) is 8.10. The number of rotatable bonds is 11. The SMILES string of the molecule is C=CCCCC[Si](OC1CCCC1)(OC1CCCC1)OC1CCCC1. The van der Waals surface area contributed by atoms with Crippen LogP contribution in [0.3, 0.4) is 0 Å². The van der Waals surface area contributed by atoms with Crippen molar-refractivity contribution in [2.24, 2.45) is 0 Å². The van der Waals surface area contributed by atoms with E-state index in [1.807, 2.05) is 6.08 Å². The summed E-state index contributed by atoms with van der Waals surface area (Å²) in [7, 11) is -2.57. The highest BCUT2D eigenvalue weighted by molar-refractivity contribution is 6.60. The van der Waals surface area contributed by atoms with Crippen molar-refractivity contribution in [3.05, 3.63) is 12.7 Å². The molecule has 0 N–H and O–H groups in total. The molecule has 3 aliphatic carbocycles. The Balaban J connectivity index is 1.68. The van der Waals surface area contributed by atoms with Gasteiger partial charge in [0.15, 0.2) is 0 Å². The average molecular weight is 367 g/mol. The summed E-state index contributed by atoms with van der Waals surface area (Å²) in [5.41, 5.74) is 0. The van der Waals surface area contributed by atoms with Gasteiger partial charge in [-0.25, -0.2) is 0 Å². The molecule has 25 heavy (non-hydrogen) atoms. The lowest BCUT2D eigenvalue weighted by Crippen LogP contribution is -2.51. The lowest BCUT2D eigenvalue weighted by molar-refractivity contribution is -0.0161. The third-order valence-corrected chi connectivity index (χ3v) is 9.13. The summed E-state index contributed by atoms with van der Waals surface area (Å²) >= 11 is 0. The van der Waals surface area contributed by atoms with E-state index in [1.54, 1.807) is 0 Å². The van der Waals surface area contributed by atoms with E-state index in [2.05, 4.69) is 6.58 Å². The van der Waals surface area contributed by atoms with Crippen LogP contribution in [0.25, 0.3) is 0 Å². The molecule has 0 amide bonds. The first-order chi connectivity index (χ1) is 12.3. The van der Waals surface area contributed by atoms with Gasteiger partial charge < -0.3 is 13.3 Å². The maximum absolute atomic E-state index is 6.77. The first-order valence-corrected chi connectivity index (χ1v) is 12.9. The van der Waals surface area contributed by atoms with Crippen LogP contribution in [-0.2, 0) is 13.3 Å². The van der Waals surface area contributed by atoms with Crippen molar-refractivity contribution in [3.8, 4) is 0 Å². The van der Waals surface area contributed by atoms with Gasteiger partial charge in [0.05, 0.1) is 0 Å². The van der Waals surface area contributed by atoms with Gasteiger partial charge in [-0.3, -0.25) is 0 Å². The van der Waals surface area contributed by atoms with E-state index in [0.717, 1.165) is 18.9 Å². The third-order valence-electron chi connectivity index (χ3n) is 6.09. The lowest BCUT2D eigenvalue weighted by atomic mass is 10.2. The normalized spacial score (nSPS) is 23.7. The zero-order valence-corrected chi connectivity index (χ0v) is 17.1. The summed E-state index contributed by atoms with van der Waals surface area (Å²) in [4.78, 5) is 0. The van der Waals surface area contributed by atoms with Crippen molar-refractivity contribution in [1.29, 1.82) is 0 Å². The molecule has 0 bridgehead atoms. The molecule has 0 heterocycles. The van der Waals surface area contributed by atoms with Crippen LogP contribution in [0, 0.1) is 0 Å². The summed E-state index contributed by atoms with van der Waals surface area (Å²) in [6.07, 6.45) is 21.6. The van der Waals surface area contributed by atoms with Gasteiger partial charge in [-0.05, 0) is 57.8 Å². The second-order valence-electron chi connectivity index (χ2n) is 8.29. The summed E-state index contributed by atoms with van der Waals surface area (Å²) in [6.45, 7) is 3.86. The zero-order chi connectivity index (χ0) is 17.4. The molecule has 3 fully saturated rings. The Kier molecular flexibility index (Phi) is 8.03. The summed E-state index contributed by atoms with van der Waals surface area (Å²) in [5, 5.41) is 0. The fraction of sp³-hybridized carbons (Fsp3) is 0.905. The molecular formula is C21H38O3Si. The minimum absolute atomic E-state index is 0.383. The van der Waals surface area contributed by atoms with Crippen molar-refractivity contribution in [2.75, 3.05) is 0 Å². The van der Waals surface area contributed by atoms with Gasteiger partial charge in [0.1, 0.15) is 0 Å². The number of allylic oxidation sites excluding steroid dienone is 1. The van der Waals surface area contributed by atoms with Crippen LogP contribution in [0.4, 0.5) is 0 Å². The quantitative estimate of drug-likeness (QED) is 0.249. The van der Waals surface area contributed by atoms with Crippen LogP contribution < -0.4 is 0 Å². The monoisotopic (exact) mass is 366 g/mol. The van der Waals surface area contributed by atoms with E-state index >= 15 is 0 Å². The predicted octanol–water partition coefficient (Wildman–Crippen LogP) is 6.16. The molecule has 0 aliphatic heterocycles. The topological polar surface area (TPSA) is 27.7 Å². The highest BCUT2D eigenvalue weighted by Gasteiger charge is 2.47. The standard InChI is InChI=1S/C21H38O3Si/c1-2-3-4-11-18-25(22-19-12-5-6-13-19,23-20-14-7-8-15-20)24-21-16-9-10-17-21/h2,19-21H,1,3-18H2. The van der Waals surface area contributed by atoms with Crippen LogP contribution in [-0.4, -0.2) is 27.1 Å². The highest BCUT2D eigenvalue weighted by Crippen LogP contribution is 2.35. The van der Waals surface area contributed by atoms with E-state index in [9.17, 15) is 0 Å². The molecule has 0 unspecified atom stereocenters. The van der Waals surface area contributed by atoms with Gasteiger partial charge in [-0.15, -0.1) is 6.58 Å². The Morgan fingerprint density at radius 3 is 1.44 bits per heavy atom. The first-order valence-electron chi connectivity index (χ1n) is 10.9. The molecule has 0 aromatic carbocycles. The van der Waals surface area contributed by atoms with Gasteiger partial charge >= 0.3 is 8.80 Å². The Morgan fingerprint density at radius 2 is 1.08 bits per heavy atom. The van der Waals surface area contributed by atoms with Crippen molar-refractivity contribution >= 4 is 8.80 Å². The van der Waals surface area contributed by atoms with E-state index in [1.165, 1.54) is 83.5 Å². The third kappa shape index (κ3) is 6.19. The lowest BCUT2D eigenvalue weighted by Gasteiger charge is -2.36. The van der Waals surface area contributed by atoms with Crippen molar-refractivity contribution < 1.29 is 13.3 Å². The van der Waals surface area contributed by atoms with Crippen molar-refractivity contribution in [2.45, 2.75) is 121 Å². The molecule has 0 saturated heterocycles. The summed E-state index contributed by atoms with van der Waals surface area (Å²) < 4.78 is 20.3. The Labute approximate surface area is 155 Å². The Bertz CT molecular complexity index is 337. The maximum Gasteiger partial charge on any atom is 0.501 e. The van der Waals surface area contributed by atoms with Gasteiger partial charge in [-0.1, -0.05) is 44.6 Å². The molecular weight excluding hydrogens is 328 g/mol. The molecule has 0 aromatic heterocycles. The second-order valence-corrected chi connectivity index (χ2v) is 10.9. The van der Waals surface area contributed by atoms with Gasteiger partial charge in [0.25, 0.3) is 0 Å². The highest BCUT2D eigenvalue weighted by atomic mass is 28.4. The van der Waals surface area contributed by atoms with E-state index in [0.29, 0.717) is 18.3 Å². The molecule has 144 valence electrons. The molecule has 0 aromatic rings. The van der Waals surface area contributed by atoms with E-state index in [4.69, 9.17) is 13.3 Å². The molecule has 0 spiro atoms. The van der Waals surface area contributed by atoms with Gasteiger partial charge in [0, 0.05) is 24.4 Å². The first kappa shape index (κ1) is 19.6. The van der Waals surface area contributed by atoms with E-state index < -0.39 is 8.80 Å². The molecule has 3 nitrogen and oxygen atoms in total. The van der Waals surface area contributed by atoms with Crippen molar-refractivity contribution in [1.82, 2.24) is 0 Å². The fourth-order valence-electron chi connectivity index (χ4n) is 4.67. The van der Waals surface area contributed by atoms with Crippen LogP contribution in [0.5, 0.6) is 0 Å². The zero-order valence-electron chi connectivity index (χ0n) is 16.1. The Hall–Kier alpha value is -0.163. The van der Waals surface area contributed by atoms with Gasteiger partial charge in [-0.2, -0.15) is 0 Å². The van der Waals surface area contributed by atoms with Gasteiger partial charge in [0.2, 0.25) is 0 Å². The number of hydrogen-bond donors (Lipinski definition) is 0. The van der Waals surface area contributed by atoms with Crippen LogP contribution in [0.15, 0.2) is 12.7 Å². The number of hydrogen-bond acceptors (Lipinski definition) is 3. The summed E-state index contributed by atoms with van der Waals surface area (Å²) in [6, 6.07) is 1.00. The second kappa shape index (κ2) is 10.2. The average Bonchev–Trinajstić information content (AvgIpc) is 3.35. The molecule has 0 atom stereocenters. The van der Waals surface area contributed by atoms with E-state index in [-0.39, 0.29) is 0 Å². The molecule has 3 aliphatic rings. The molecule has 3 saturated carbocycles. The minimum atomic E-state index is -2.57. The predicted molar refractivity (Wildman–Crippen MR) is 105 cm³/mol. The van der Waals surface area contributed by atoms with Crippen LogP contribution in [0.2, 0.25) is 6.04 Å². The Morgan fingerprint density at radius 1 is 0.680 bits per heavy atom. The number of unbranched alkanes of at least 4 members (excludes halogenated alkanes) is 2. The smallest absolute Gasteiger partial charge is 0.370 e. The largest absolute Gasteiger partial charge is 0.501 e. The maximum atomic E-state index is 6.77. The summed E-state index contributed by atoms with van der Waals surface area (Å²) in [5.74, 6) is 0. The minimum Gasteiger partial charge on any atom is -0.370 e. The molecule has 3 rings (SSSR count). The van der Waals surface area contributed by atoms with Crippen LogP contribution in [0.1, 0.15) is 96.3 Å². The van der Waals surface area contributed by atoms with Crippen molar-refractivity contribution in [3.63, 3.8) is 0 Å². The molecule has 0 radical (unpaired) electrons. The molecule has 4 heteroatoms. The van der Waals surface area contributed by atoms with Crippen LogP contribution >= 0.6 is 0 Å².